The molecule has 0 saturated carbocycles. The van der Waals surface area contributed by atoms with E-state index >= 15 is 0 Å². The molecule has 0 heterocycles. The molecule has 0 aromatic heterocycles. The number of esters is 2. The van der Waals surface area contributed by atoms with Crippen LogP contribution in [0.15, 0.2) is 85.1 Å². The first-order valence-corrected chi connectivity index (χ1v) is 15.2. The number of carbonyl (C=O) groups excluding carboxylic acids is 2. The molecule has 0 amide bonds. The number of ether oxygens (including phenoxy) is 2. The molecule has 1 atom stereocenters. The fourth-order valence-electron chi connectivity index (χ4n) is 3.52. The second-order valence-corrected chi connectivity index (χ2v) is 9.56. The van der Waals surface area contributed by atoms with E-state index in [0.29, 0.717) is 12.8 Å². The molecule has 0 spiro atoms. The monoisotopic (exact) mass is 554 g/mol. The van der Waals surface area contributed by atoms with Crippen LogP contribution in [0.25, 0.3) is 0 Å². The van der Waals surface area contributed by atoms with Crippen molar-refractivity contribution in [2.75, 3.05) is 13.2 Å². The zero-order valence-electron chi connectivity index (χ0n) is 25.1. The number of carbonyl (C=O) groups is 2. The maximum Gasteiger partial charge on any atom is 0.306 e. The highest BCUT2D eigenvalue weighted by atomic mass is 16.6. The molecule has 0 fully saturated rings. The van der Waals surface area contributed by atoms with E-state index in [4.69, 9.17) is 9.47 Å². The number of aliphatic hydroxyl groups is 1. The highest BCUT2D eigenvalue weighted by Gasteiger charge is 2.15. The third kappa shape index (κ3) is 28.1. The highest BCUT2D eigenvalue weighted by Crippen LogP contribution is 2.08. The van der Waals surface area contributed by atoms with Crippen LogP contribution >= 0.6 is 0 Å². The van der Waals surface area contributed by atoms with Crippen LogP contribution < -0.4 is 0 Å². The largest absolute Gasteiger partial charge is 0.462 e. The standard InChI is InChI=1S/C35H54O5/c1-3-5-7-9-11-13-15-17-19-21-23-25-27-29-34(37)39-32-33(31-36)40-35(38)30-28-26-24-22-20-18-16-14-12-10-8-6-4-2/h5,7,9,11,13,15,17-21,23-24,26,33,36H,3-4,6,8,10,12,14,16,22,25,27-32H2,1-2H3/b7-5+,11-9+,15-13+,19-17+,20-18+,23-21+,26-24+. The van der Waals surface area contributed by atoms with Crippen LogP contribution in [0.3, 0.4) is 0 Å². The van der Waals surface area contributed by atoms with E-state index in [0.717, 1.165) is 25.7 Å². The molecule has 0 aliphatic carbocycles. The quantitative estimate of drug-likeness (QED) is 0.0528. The Morgan fingerprint density at radius 3 is 1.90 bits per heavy atom. The van der Waals surface area contributed by atoms with E-state index in [1.807, 2.05) is 66.8 Å². The Bertz CT molecular complexity index is 814. The minimum Gasteiger partial charge on any atom is -0.462 e. The maximum atomic E-state index is 12.0. The molecular weight excluding hydrogens is 500 g/mol. The van der Waals surface area contributed by atoms with Crippen molar-refractivity contribution in [3.8, 4) is 0 Å². The average molecular weight is 555 g/mol. The van der Waals surface area contributed by atoms with Crippen molar-refractivity contribution in [2.45, 2.75) is 110 Å². The molecule has 0 rings (SSSR count). The number of hydrogen-bond donors (Lipinski definition) is 1. The average Bonchev–Trinajstić information content (AvgIpc) is 2.96. The summed E-state index contributed by atoms with van der Waals surface area (Å²) >= 11 is 0. The number of rotatable bonds is 25. The molecule has 1 unspecified atom stereocenters. The van der Waals surface area contributed by atoms with Gasteiger partial charge in [0.25, 0.3) is 0 Å². The van der Waals surface area contributed by atoms with E-state index in [1.165, 1.54) is 38.5 Å². The molecule has 0 aliphatic rings. The van der Waals surface area contributed by atoms with Crippen molar-refractivity contribution in [2.24, 2.45) is 0 Å². The van der Waals surface area contributed by atoms with E-state index in [1.54, 1.807) is 0 Å². The molecule has 5 heteroatoms. The summed E-state index contributed by atoms with van der Waals surface area (Å²) in [4.78, 5) is 24.0. The summed E-state index contributed by atoms with van der Waals surface area (Å²) in [6.07, 6.45) is 40.8. The van der Waals surface area contributed by atoms with Gasteiger partial charge in [-0.15, -0.1) is 0 Å². The molecule has 0 bridgehead atoms. The highest BCUT2D eigenvalue weighted by molar-refractivity contribution is 5.70. The third-order valence-electron chi connectivity index (χ3n) is 5.81. The van der Waals surface area contributed by atoms with Gasteiger partial charge < -0.3 is 14.6 Å². The van der Waals surface area contributed by atoms with Crippen LogP contribution in [0.1, 0.15) is 104 Å². The zero-order chi connectivity index (χ0) is 29.4. The Hall–Kier alpha value is -2.92. The lowest BCUT2D eigenvalue weighted by Crippen LogP contribution is -2.28. The minimum atomic E-state index is -0.832. The van der Waals surface area contributed by atoms with Gasteiger partial charge in [0.1, 0.15) is 6.61 Å². The van der Waals surface area contributed by atoms with Crippen molar-refractivity contribution in [1.82, 2.24) is 0 Å². The van der Waals surface area contributed by atoms with Crippen molar-refractivity contribution in [3.63, 3.8) is 0 Å². The SMILES string of the molecule is CC/C=C/C=C/C=C/C=C/C=C/CCCC(=O)OCC(CO)OC(=O)CC/C=C/C/C=C/CCCCCCCC. The second-order valence-electron chi connectivity index (χ2n) is 9.56. The fourth-order valence-corrected chi connectivity index (χ4v) is 3.52. The van der Waals surface area contributed by atoms with Crippen LogP contribution in [-0.2, 0) is 19.1 Å². The van der Waals surface area contributed by atoms with E-state index < -0.39 is 12.1 Å². The van der Waals surface area contributed by atoms with Crippen LogP contribution in [0.5, 0.6) is 0 Å². The number of hydrogen-bond acceptors (Lipinski definition) is 5. The van der Waals surface area contributed by atoms with Gasteiger partial charge in [0.2, 0.25) is 0 Å². The predicted molar refractivity (Wildman–Crippen MR) is 168 cm³/mol. The van der Waals surface area contributed by atoms with Crippen LogP contribution in [0.4, 0.5) is 0 Å². The van der Waals surface area contributed by atoms with Crippen molar-refractivity contribution < 1.29 is 24.2 Å². The lowest BCUT2D eigenvalue weighted by molar-refractivity contribution is -0.161. The zero-order valence-corrected chi connectivity index (χ0v) is 25.1. The molecule has 40 heavy (non-hydrogen) atoms. The molecule has 1 N–H and O–H groups in total. The van der Waals surface area contributed by atoms with Gasteiger partial charge in [0.05, 0.1) is 6.61 Å². The first-order valence-electron chi connectivity index (χ1n) is 15.2. The fraction of sp³-hybridized carbons (Fsp3) is 0.543. The van der Waals surface area contributed by atoms with Gasteiger partial charge in [-0.05, 0) is 44.9 Å². The molecule has 0 aliphatic heterocycles. The van der Waals surface area contributed by atoms with Gasteiger partial charge in [-0.1, -0.05) is 131 Å². The van der Waals surface area contributed by atoms with Crippen LogP contribution in [0, 0.1) is 0 Å². The van der Waals surface area contributed by atoms with Gasteiger partial charge in [-0.2, -0.15) is 0 Å². The smallest absolute Gasteiger partial charge is 0.306 e. The van der Waals surface area contributed by atoms with Gasteiger partial charge in [-0.25, -0.2) is 0 Å². The third-order valence-corrected chi connectivity index (χ3v) is 5.81. The summed E-state index contributed by atoms with van der Waals surface area (Å²) in [5.41, 5.74) is 0. The maximum absolute atomic E-state index is 12.0. The topological polar surface area (TPSA) is 72.8 Å². The molecule has 0 radical (unpaired) electrons. The van der Waals surface area contributed by atoms with Crippen LogP contribution in [0.2, 0.25) is 0 Å². The molecule has 5 nitrogen and oxygen atoms in total. The van der Waals surface area contributed by atoms with Crippen molar-refractivity contribution in [1.29, 1.82) is 0 Å². The number of allylic oxidation sites excluding steroid dienone is 14. The van der Waals surface area contributed by atoms with Gasteiger partial charge in [0.15, 0.2) is 6.10 Å². The summed E-state index contributed by atoms with van der Waals surface area (Å²) in [6, 6.07) is 0. The van der Waals surface area contributed by atoms with Gasteiger partial charge in [0, 0.05) is 12.8 Å². The molecule has 224 valence electrons. The van der Waals surface area contributed by atoms with Crippen LogP contribution in [-0.4, -0.2) is 36.4 Å². The Morgan fingerprint density at radius 1 is 0.625 bits per heavy atom. The van der Waals surface area contributed by atoms with Gasteiger partial charge in [-0.3, -0.25) is 9.59 Å². The summed E-state index contributed by atoms with van der Waals surface area (Å²) in [7, 11) is 0. The first kappa shape index (κ1) is 37.1. The van der Waals surface area contributed by atoms with E-state index in [-0.39, 0.29) is 32.0 Å². The van der Waals surface area contributed by atoms with Crippen molar-refractivity contribution in [3.05, 3.63) is 85.1 Å². The lowest BCUT2D eigenvalue weighted by atomic mass is 10.1. The molecular formula is C35H54O5. The second kappa shape index (κ2) is 30.6. The van der Waals surface area contributed by atoms with E-state index in [9.17, 15) is 14.7 Å². The predicted octanol–water partition coefficient (Wildman–Crippen LogP) is 8.83. The molecule has 0 aromatic rings. The normalized spacial score (nSPS) is 13.4. The Kier molecular flexibility index (Phi) is 28.4. The molecule has 0 aromatic carbocycles. The number of unbranched alkanes of at least 4 members (excludes halogenated alkanes) is 7. The number of aliphatic hydroxyl groups excluding tert-OH is 1. The lowest BCUT2D eigenvalue weighted by Gasteiger charge is -2.15. The van der Waals surface area contributed by atoms with Crippen molar-refractivity contribution >= 4 is 11.9 Å². The Balaban J connectivity index is 3.87. The summed E-state index contributed by atoms with van der Waals surface area (Å²) < 4.78 is 10.4. The Labute approximate surface area is 244 Å². The minimum absolute atomic E-state index is 0.131. The first-order chi connectivity index (χ1) is 19.6. The van der Waals surface area contributed by atoms with E-state index in [2.05, 4.69) is 32.1 Å². The van der Waals surface area contributed by atoms with Gasteiger partial charge >= 0.3 is 11.9 Å². The summed E-state index contributed by atoms with van der Waals surface area (Å²) in [5.74, 6) is -0.770. The summed E-state index contributed by atoms with van der Waals surface area (Å²) in [6.45, 7) is 3.82. The Morgan fingerprint density at radius 2 is 1.23 bits per heavy atom. The summed E-state index contributed by atoms with van der Waals surface area (Å²) in [5, 5.41) is 9.45. The molecule has 0 saturated heterocycles.